The minimum atomic E-state index is -0.120. The maximum Gasteiger partial charge on any atom is 0.291 e. The van der Waals surface area contributed by atoms with E-state index in [1.165, 1.54) is 0 Å². The quantitative estimate of drug-likeness (QED) is 0.167. The molecule has 2 fully saturated rings. The molecule has 1 amide bonds. The van der Waals surface area contributed by atoms with Gasteiger partial charge in [0.25, 0.3) is 5.91 Å². The van der Waals surface area contributed by atoms with Crippen molar-refractivity contribution in [3.8, 4) is 22.4 Å². The number of amides is 1. The molecule has 4 N–H and O–H groups in total. The Balaban J connectivity index is 1.47. The number of aromatic amines is 1. The summed E-state index contributed by atoms with van der Waals surface area (Å²) < 4.78 is 0. The molecule has 0 aliphatic carbocycles. The van der Waals surface area contributed by atoms with Crippen LogP contribution >= 0.6 is 11.8 Å². The number of amidine groups is 1. The van der Waals surface area contributed by atoms with E-state index < -0.39 is 0 Å². The van der Waals surface area contributed by atoms with Crippen LogP contribution in [0.5, 0.6) is 0 Å². The number of fused-ring (bicyclic) bond motifs is 2. The molecular formula is C30H35N9OS. The lowest BCUT2D eigenvalue weighted by molar-refractivity contribution is -0.128. The Bertz CT molecular complexity index is 1460. The van der Waals surface area contributed by atoms with Crippen LogP contribution in [0.2, 0.25) is 0 Å². The average molecular weight is 570 g/mol. The fraction of sp³-hybridized carbons (Fsp3) is 0.333. The van der Waals surface area contributed by atoms with Gasteiger partial charge in [0.05, 0.1) is 17.6 Å². The molecule has 2 atom stereocenters. The van der Waals surface area contributed by atoms with Gasteiger partial charge in [0.15, 0.2) is 0 Å². The van der Waals surface area contributed by atoms with Crippen molar-refractivity contribution in [1.82, 2.24) is 30.5 Å². The van der Waals surface area contributed by atoms with Gasteiger partial charge < -0.3 is 10.6 Å². The van der Waals surface area contributed by atoms with Gasteiger partial charge in [-0.05, 0) is 44.9 Å². The molecule has 11 heteroatoms. The van der Waals surface area contributed by atoms with E-state index >= 15 is 0 Å². The Labute approximate surface area is 244 Å². The lowest BCUT2D eigenvalue weighted by Gasteiger charge is -2.39. The maximum atomic E-state index is 13.4. The third kappa shape index (κ3) is 6.09. The first kappa shape index (κ1) is 28.3. The molecular weight excluding hydrogens is 534 g/mol. The summed E-state index contributed by atoms with van der Waals surface area (Å²) in [6, 6.07) is 14.2. The molecule has 5 rings (SSSR count). The zero-order valence-corrected chi connectivity index (χ0v) is 24.1. The van der Waals surface area contributed by atoms with Crippen LogP contribution in [0.1, 0.15) is 44.2 Å². The van der Waals surface area contributed by atoms with Crippen molar-refractivity contribution in [2.24, 2.45) is 10.1 Å². The number of nitrogens with one attached hydrogen (secondary N) is 2. The van der Waals surface area contributed by atoms with E-state index in [2.05, 4.69) is 37.4 Å². The first-order chi connectivity index (χ1) is 20.0. The zero-order valence-electron chi connectivity index (χ0n) is 23.3. The number of anilines is 1. The summed E-state index contributed by atoms with van der Waals surface area (Å²) in [5.74, 6) is 0.634. The normalized spacial score (nSPS) is 19.9. The highest BCUT2D eigenvalue weighted by Gasteiger charge is 2.45. The number of carbonyl (C=O) groups is 1. The van der Waals surface area contributed by atoms with Crippen LogP contribution in [0.25, 0.3) is 22.4 Å². The Hall–Kier alpha value is -4.25. The van der Waals surface area contributed by atoms with Crippen LogP contribution in [-0.4, -0.2) is 68.4 Å². The molecule has 10 nitrogen and oxygen atoms in total. The number of rotatable bonds is 6. The number of nitrogens with two attached hydrogens (primary N) is 1. The van der Waals surface area contributed by atoms with Gasteiger partial charge in [-0.25, -0.2) is 4.98 Å². The third-order valence-corrected chi connectivity index (χ3v) is 8.42. The Morgan fingerprint density at radius 2 is 1.90 bits per heavy atom. The maximum absolute atomic E-state index is 13.4. The fourth-order valence-electron chi connectivity index (χ4n) is 5.83. The second-order valence-corrected chi connectivity index (χ2v) is 10.9. The number of thioether (sulfide) groups is 1. The monoisotopic (exact) mass is 569 g/mol. The number of hydrogen-bond acceptors (Lipinski definition) is 8. The second kappa shape index (κ2) is 12.9. The highest BCUT2D eigenvalue weighted by Crippen LogP contribution is 2.44. The lowest BCUT2D eigenvalue weighted by Crippen LogP contribution is -2.51. The van der Waals surface area contributed by atoms with Crippen LogP contribution in [0.4, 0.5) is 5.82 Å². The van der Waals surface area contributed by atoms with Gasteiger partial charge in [-0.15, -0.1) is 11.8 Å². The van der Waals surface area contributed by atoms with Crippen molar-refractivity contribution in [1.29, 1.82) is 0 Å². The van der Waals surface area contributed by atoms with Crippen LogP contribution in [-0.2, 0) is 4.79 Å². The Kier molecular flexibility index (Phi) is 8.93. The van der Waals surface area contributed by atoms with Crippen molar-refractivity contribution in [3.05, 3.63) is 66.7 Å². The first-order valence-electron chi connectivity index (χ1n) is 13.8. The standard InChI is InChI=1S/C30H35N9OS/c1-4-33-29(38-32-2)30(40)39-22-11-12-23(39)15-21(14-22)27-26(41-3)18-36-35-17-24(28(31)37-27)20-10-13-25(34-16-20)19-8-6-5-7-9-19/h5-10,13,16-18,21-23,36H,2,4,11-12,14-15,31H2,1,3H3,(H,33,38). The number of hydrogen-bond donors (Lipinski definition) is 3. The van der Waals surface area contributed by atoms with Crippen LogP contribution in [0.3, 0.4) is 0 Å². The predicted molar refractivity (Wildman–Crippen MR) is 165 cm³/mol. The number of aliphatic imine (C=N–C) groups is 1. The molecule has 212 valence electrons. The van der Waals surface area contributed by atoms with Crippen molar-refractivity contribution < 1.29 is 4.79 Å². The predicted octanol–water partition coefficient (Wildman–Crippen LogP) is 4.82. The van der Waals surface area contributed by atoms with E-state index in [-0.39, 0.29) is 29.7 Å². The molecule has 2 aliphatic heterocycles. The largest absolute Gasteiger partial charge is 0.383 e. The summed E-state index contributed by atoms with van der Waals surface area (Å²) in [4.78, 5) is 30.4. The molecule has 2 aromatic heterocycles. The number of nitrogen functional groups attached to an aromatic ring is 1. The Morgan fingerprint density at radius 3 is 2.54 bits per heavy atom. The van der Waals surface area contributed by atoms with Crippen molar-refractivity contribution in [2.45, 2.75) is 55.5 Å². The van der Waals surface area contributed by atoms with Gasteiger partial charge in [0, 0.05) is 65.2 Å². The second-order valence-electron chi connectivity index (χ2n) is 10.1. The molecule has 2 aliphatic rings. The molecule has 3 aromatic rings. The molecule has 2 unspecified atom stereocenters. The molecule has 2 saturated heterocycles. The number of H-pyrrole nitrogens is 1. The first-order valence-corrected chi connectivity index (χ1v) is 15.0. The summed E-state index contributed by atoms with van der Waals surface area (Å²) >= 11 is 1.60. The minimum absolute atomic E-state index is 0.0852. The number of hydrazone groups is 1. The van der Waals surface area contributed by atoms with Crippen molar-refractivity contribution in [3.63, 3.8) is 0 Å². The number of aromatic nitrogens is 4. The molecule has 4 heterocycles. The van der Waals surface area contributed by atoms with E-state index in [4.69, 9.17) is 10.7 Å². The molecule has 1 aromatic carbocycles. The summed E-state index contributed by atoms with van der Waals surface area (Å²) in [5.41, 5.74) is 13.7. The number of carbonyl (C=O) groups excluding carboxylic acids is 1. The number of benzene rings is 1. The summed E-state index contributed by atoms with van der Waals surface area (Å²) in [5, 5.41) is 11.1. The van der Waals surface area contributed by atoms with Crippen molar-refractivity contribution >= 4 is 36.0 Å². The van der Waals surface area contributed by atoms with Crippen LogP contribution in [0, 0.1) is 0 Å². The minimum Gasteiger partial charge on any atom is -0.383 e. The zero-order chi connectivity index (χ0) is 28.8. The highest BCUT2D eigenvalue weighted by molar-refractivity contribution is 7.98. The van der Waals surface area contributed by atoms with E-state index in [0.29, 0.717) is 17.9 Å². The summed E-state index contributed by atoms with van der Waals surface area (Å²) in [7, 11) is 0. The SMILES string of the molecule is C=NNC(=NCC)C(=O)N1C2CCC1CC(c1nc(N)c(-c3ccc(-c4ccccc4)nc3)cn[nH]cc1SC)C2. The average Bonchev–Trinajstić information content (AvgIpc) is 3.30. The van der Waals surface area contributed by atoms with Crippen LogP contribution in [0.15, 0.2) is 76.0 Å². The van der Waals surface area contributed by atoms with E-state index in [1.807, 2.05) is 66.7 Å². The van der Waals surface area contributed by atoms with Gasteiger partial charge in [-0.1, -0.05) is 36.4 Å². The smallest absolute Gasteiger partial charge is 0.291 e. The van der Waals surface area contributed by atoms with Gasteiger partial charge in [-0.3, -0.25) is 25.3 Å². The summed E-state index contributed by atoms with van der Waals surface area (Å²) in [6.07, 6.45) is 10.8. The van der Waals surface area contributed by atoms with E-state index in [9.17, 15) is 4.79 Å². The van der Waals surface area contributed by atoms with E-state index in [0.717, 1.165) is 53.1 Å². The number of piperidine rings is 1. The third-order valence-electron chi connectivity index (χ3n) is 7.66. The Morgan fingerprint density at radius 1 is 1.15 bits per heavy atom. The van der Waals surface area contributed by atoms with Gasteiger partial charge in [0.2, 0.25) is 5.84 Å². The lowest BCUT2D eigenvalue weighted by atomic mass is 9.87. The highest BCUT2D eigenvalue weighted by atomic mass is 32.2. The molecule has 0 spiro atoms. The fourth-order valence-corrected chi connectivity index (χ4v) is 6.42. The van der Waals surface area contributed by atoms with Gasteiger partial charge in [0.1, 0.15) is 5.82 Å². The molecule has 0 radical (unpaired) electrons. The molecule has 0 saturated carbocycles. The van der Waals surface area contributed by atoms with Gasteiger partial charge in [-0.2, -0.15) is 10.2 Å². The molecule has 41 heavy (non-hydrogen) atoms. The number of pyridine rings is 1. The number of nitrogens with zero attached hydrogens (tertiary/aromatic N) is 6. The van der Waals surface area contributed by atoms with Gasteiger partial charge >= 0.3 is 0 Å². The van der Waals surface area contributed by atoms with Crippen molar-refractivity contribution in [2.75, 3.05) is 18.5 Å². The van der Waals surface area contributed by atoms with Crippen LogP contribution < -0.4 is 11.2 Å². The summed E-state index contributed by atoms with van der Waals surface area (Å²) in [6.45, 7) is 5.84. The molecule has 2 bridgehead atoms. The topological polar surface area (TPSA) is 138 Å². The van der Waals surface area contributed by atoms with E-state index in [1.54, 1.807) is 24.2 Å².